The molecule has 5 rings (SSSR count). The van der Waals surface area contributed by atoms with E-state index >= 15 is 0 Å². The van der Waals surface area contributed by atoms with Crippen molar-refractivity contribution in [2.24, 2.45) is 5.92 Å². The number of nitrogens with zero attached hydrogens (tertiary/aromatic N) is 4. The van der Waals surface area contributed by atoms with Crippen molar-refractivity contribution < 1.29 is 19.1 Å². The number of pyridine rings is 1. The number of ether oxygens (including phenoxy) is 2. The predicted molar refractivity (Wildman–Crippen MR) is 123 cm³/mol. The van der Waals surface area contributed by atoms with Gasteiger partial charge in [0, 0.05) is 56.8 Å². The van der Waals surface area contributed by atoms with Crippen LogP contribution in [0.1, 0.15) is 45.1 Å². The van der Waals surface area contributed by atoms with Crippen LogP contribution in [0, 0.1) is 24.2 Å². The van der Waals surface area contributed by atoms with Crippen LogP contribution >= 0.6 is 0 Å². The molecule has 176 valence electrons. The van der Waals surface area contributed by atoms with E-state index in [9.17, 15) is 14.9 Å². The maximum absolute atomic E-state index is 12.8. The van der Waals surface area contributed by atoms with Crippen LogP contribution in [0.5, 0.6) is 5.75 Å². The third-order valence-electron chi connectivity index (χ3n) is 7.03. The van der Waals surface area contributed by atoms with Crippen molar-refractivity contribution in [1.29, 1.82) is 5.26 Å². The number of cyclic esters (lactones) is 1. The zero-order valence-electron chi connectivity index (χ0n) is 19.3. The molecule has 4 heterocycles. The second kappa shape index (κ2) is 9.05. The highest BCUT2D eigenvalue weighted by Crippen LogP contribution is 2.32. The highest BCUT2D eigenvalue weighted by molar-refractivity contribution is 5.95. The van der Waals surface area contributed by atoms with E-state index < -0.39 is 0 Å². The number of benzene rings is 1. The minimum absolute atomic E-state index is 0.0371. The van der Waals surface area contributed by atoms with Gasteiger partial charge >= 0.3 is 5.97 Å². The molecule has 9 nitrogen and oxygen atoms in total. The van der Waals surface area contributed by atoms with Crippen molar-refractivity contribution in [3.05, 3.63) is 52.2 Å². The molecule has 3 aliphatic rings. The van der Waals surface area contributed by atoms with Gasteiger partial charge in [0.1, 0.15) is 29.8 Å². The van der Waals surface area contributed by atoms with Crippen LogP contribution in [0.3, 0.4) is 0 Å². The third kappa shape index (κ3) is 4.00. The number of piperazine rings is 1. The number of carbonyl (C=O) groups excluding carboxylic acids is 2. The van der Waals surface area contributed by atoms with Crippen LogP contribution in [0.2, 0.25) is 0 Å². The lowest BCUT2D eigenvalue weighted by atomic mass is 9.93. The quantitative estimate of drug-likeness (QED) is 0.673. The Bertz CT molecular complexity index is 1190. The SMILES string of the molecule is COc1cc(N2CC(CN3CCN[C@H](c4ccc5c(c4C)COC5=O)C3)CC2=O)ncc1C#N. The Balaban J connectivity index is 1.26. The van der Waals surface area contributed by atoms with E-state index in [1.54, 1.807) is 11.0 Å². The molecule has 2 fully saturated rings. The number of anilines is 1. The van der Waals surface area contributed by atoms with Crippen molar-refractivity contribution in [3.63, 3.8) is 0 Å². The van der Waals surface area contributed by atoms with Crippen LogP contribution in [0.25, 0.3) is 0 Å². The number of fused-ring (bicyclic) bond motifs is 1. The Kier molecular flexibility index (Phi) is 5.94. The molecule has 2 saturated heterocycles. The first-order chi connectivity index (χ1) is 16.5. The van der Waals surface area contributed by atoms with Gasteiger partial charge in [-0.1, -0.05) is 6.07 Å². The molecule has 3 aliphatic heterocycles. The summed E-state index contributed by atoms with van der Waals surface area (Å²) in [7, 11) is 1.50. The fourth-order valence-corrected chi connectivity index (χ4v) is 5.25. The van der Waals surface area contributed by atoms with Crippen molar-refractivity contribution in [2.75, 3.05) is 44.7 Å². The Morgan fingerprint density at radius 3 is 2.97 bits per heavy atom. The van der Waals surface area contributed by atoms with E-state index in [1.807, 2.05) is 18.2 Å². The highest BCUT2D eigenvalue weighted by Gasteiger charge is 2.34. The number of amides is 1. The van der Waals surface area contributed by atoms with Gasteiger partial charge < -0.3 is 14.8 Å². The van der Waals surface area contributed by atoms with Gasteiger partial charge in [0.25, 0.3) is 0 Å². The maximum atomic E-state index is 12.8. The average molecular weight is 462 g/mol. The van der Waals surface area contributed by atoms with E-state index in [-0.39, 0.29) is 23.8 Å². The molecule has 0 saturated carbocycles. The zero-order valence-corrected chi connectivity index (χ0v) is 19.3. The molecule has 1 amide bonds. The molecule has 0 spiro atoms. The summed E-state index contributed by atoms with van der Waals surface area (Å²) in [5.74, 6) is 0.933. The smallest absolute Gasteiger partial charge is 0.338 e. The van der Waals surface area contributed by atoms with E-state index in [2.05, 4.69) is 22.1 Å². The lowest BCUT2D eigenvalue weighted by molar-refractivity contribution is -0.117. The van der Waals surface area contributed by atoms with E-state index in [0.717, 1.165) is 37.3 Å². The van der Waals surface area contributed by atoms with E-state index in [4.69, 9.17) is 9.47 Å². The van der Waals surface area contributed by atoms with E-state index in [0.29, 0.717) is 42.3 Å². The topological polar surface area (TPSA) is 108 Å². The summed E-state index contributed by atoms with van der Waals surface area (Å²) >= 11 is 0. The monoisotopic (exact) mass is 461 g/mol. The summed E-state index contributed by atoms with van der Waals surface area (Å²) < 4.78 is 10.5. The molecule has 2 aromatic rings. The Morgan fingerprint density at radius 2 is 2.18 bits per heavy atom. The number of methoxy groups -OCH3 is 1. The van der Waals surface area contributed by atoms with Crippen LogP contribution in [0.15, 0.2) is 24.4 Å². The first-order valence-electron chi connectivity index (χ1n) is 11.5. The fraction of sp³-hybridized carbons (Fsp3) is 0.440. The molecule has 1 N–H and O–H groups in total. The van der Waals surface area contributed by atoms with Gasteiger partial charge in [0.05, 0.1) is 18.9 Å². The minimum Gasteiger partial charge on any atom is -0.495 e. The van der Waals surface area contributed by atoms with Gasteiger partial charge in [-0.15, -0.1) is 0 Å². The highest BCUT2D eigenvalue weighted by atomic mass is 16.5. The molecule has 0 radical (unpaired) electrons. The lowest BCUT2D eigenvalue weighted by Gasteiger charge is -2.36. The number of aromatic nitrogens is 1. The Morgan fingerprint density at radius 1 is 1.32 bits per heavy atom. The normalized spacial score (nSPS) is 22.4. The largest absolute Gasteiger partial charge is 0.495 e. The number of hydrogen-bond donors (Lipinski definition) is 1. The van der Waals surface area contributed by atoms with Gasteiger partial charge in [0.2, 0.25) is 5.91 Å². The molecular formula is C25H27N5O4. The average Bonchev–Trinajstić information content (AvgIpc) is 3.41. The summed E-state index contributed by atoms with van der Waals surface area (Å²) in [5, 5.41) is 12.8. The van der Waals surface area contributed by atoms with Gasteiger partial charge in [0.15, 0.2) is 0 Å². The van der Waals surface area contributed by atoms with E-state index in [1.165, 1.54) is 18.9 Å². The summed E-state index contributed by atoms with van der Waals surface area (Å²) in [4.78, 5) is 33.0. The zero-order chi connectivity index (χ0) is 23.8. The summed E-state index contributed by atoms with van der Waals surface area (Å²) in [6.07, 6.45) is 1.92. The Hall–Kier alpha value is -3.48. The standard InChI is InChI=1S/C25H27N5O4/c1-15-18(3-4-19-20(15)14-34-25(19)32)21-13-29(6-5-27-21)11-16-7-24(31)30(12-16)23-8-22(33-2)17(9-26)10-28-23/h3-4,8,10,16,21,27H,5-7,11-14H2,1-2H3/t16?,21-/m0/s1. The van der Waals surface area contributed by atoms with Crippen LogP contribution in [-0.2, 0) is 16.1 Å². The number of hydrogen-bond acceptors (Lipinski definition) is 8. The van der Waals surface area contributed by atoms with Crippen molar-refractivity contribution >= 4 is 17.7 Å². The molecule has 34 heavy (non-hydrogen) atoms. The number of nitrogens with one attached hydrogen (secondary N) is 1. The molecule has 2 atom stereocenters. The molecule has 1 aromatic carbocycles. The molecule has 9 heteroatoms. The van der Waals surface area contributed by atoms with Gasteiger partial charge in [-0.2, -0.15) is 5.26 Å². The van der Waals surface area contributed by atoms with Crippen molar-refractivity contribution in [2.45, 2.75) is 26.0 Å². The second-order valence-corrected chi connectivity index (χ2v) is 9.08. The van der Waals surface area contributed by atoms with Gasteiger partial charge in [-0.3, -0.25) is 14.6 Å². The van der Waals surface area contributed by atoms with Crippen molar-refractivity contribution in [3.8, 4) is 11.8 Å². The third-order valence-corrected chi connectivity index (χ3v) is 7.03. The lowest BCUT2D eigenvalue weighted by Crippen LogP contribution is -2.47. The Labute approximate surface area is 198 Å². The molecule has 0 aliphatic carbocycles. The first-order valence-corrected chi connectivity index (χ1v) is 11.5. The first kappa shape index (κ1) is 22.3. The molecule has 1 unspecified atom stereocenters. The van der Waals surface area contributed by atoms with Gasteiger partial charge in [-0.05, 0) is 30.0 Å². The van der Waals surface area contributed by atoms with Crippen LogP contribution in [-0.4, -0.2) is 61.6 Å². The molecule has 0 bridgehead atoms. The summed E-state index contributed by atoms with van der Waals surface area (Å²) in [6, 6.07) is 7.78. The predicted octanol–water partition coefficient (Wildman–Crippen LogP) is 1.94. The second-order valence-electron chi connectivity index (χ2n) is 9.08. The molecular weight excluding hydrogens is 434 g/mol. The summed E-state index contributed by atoms with van der Waals surface area (Å²) in [6.45, 7) is 6.42. The number of esters is 1. The molecule has 1 aromatic heterocycles. The number of rotatable bonds is 5. The van der Waals surface area contributed by atoms with Gasteiger partial charge in [-0.25, -0.2) is 9.78 Å². The number of carbonyl (C=O) groups is 2. The maximum Gasteiger partial charge on any atom is 0.338 e. The number of nitriles is 1. The fourth-order valence-electron chi connectivity index (χ4n) is 5.25. The summed E-state index contributed by atoms with van der Waals surface area (Å²) in [5.41, 5.74) is 4.32. The van der Waals surface area contributed by atoms with Crippen LogP contribution in [0.4, 0.5) is 5.82 Å². The minimum atomic E-state index is -0.243. The van der Waals surface area contributed by atoms with Crippen molar-refractivity contribution in [1.82, 2.24) is 15.2 Å². The van der Waals surface area contributed by atoms with Crippen LogP contribution < -0.4 is 15.0 Å².